The number of nitro groups is 1. The van der Waals surface area contributed by atoms with E-state index in [2.05, 4.69) is 15.9 Å². The van der Waals surface area contributed by atoms with Crippen LogP contribution in [0.3, 0.4) is 0 Å². The highest BCUT2D eigenvalue weighted by molar-refractivity contribution is 9.10. The Bertz CT molecular complexity index is 640. The molecular formula is C14H10BrNO4. The number of carbonyl (C=O) groups is 1. The van der Waals surface area contributed by atoms with Crippen LogP contribution in [-0.2, 0) is 11.3 Å². The molecule has 2 aromatic rings. The van der Waals surface area contributed by atoms with E-state index < -0.39 is 10.9 Å². The molecule has 0 N–H and O–H groups in total. The van der Waals surface area contributed by atoms with E-state index in [4.69, 9.17) is 4.74 Å². The molecule has 2 rings (SSSR count). The van der Waals surface area contributed by atoms with Gasteiger partial charge in [-0.25, -0.2) is 4.79 Å². The van der Waals surface area contributed by atoms with Gasteiger partial charge in [-0.15, -0.1) is 0 Å². The van der Waals surface area contributed by atoms with Gasteiger partial charge in [-0.1, -0.05) is 28.1 Å². The van der Waals surface area contributed by atoms with Crippen molar-refractivity contribution in [3.63, 3.8) is 0 Å². The van der Waals surface area contributed by atoms with E-state index >= 15 is 0 Å². The smallest absolute Gasteiger partial charge is 0.338 e. The van der Waals surface area contributed by atoms with Crippen molar-refractivity contribution in [2.45, 2.75) is 6.61 Å². The molecule has 0 aliphatic rings. The average Bonchev–Trinajstić information content (AvgIpc) is 2.46. The summed E-state index contributed by atoms with van der Waals surface area (Å²) in [6.07, 6.45) is 0. The number of benzene rings is 2. The van der Waals surface area contributed by atoms with Gasteiger partial charge in [-0.3, -0.25) is 10.1 Å². The summed E-state index contributed by atoms with van der Waals surface area (Å²) in [5, 5.41) is 10.6. The lowest BCUT2D eigenvalue weighted by Gasteiger charge is -2.05. The molecular weight excluding hydrogens is 326 g/mol. The van der Waals surface area contributed by atoms with Gasteiger partial charge in [0.25, 0.3) is 5.69 Å². The number of nitro benzene ring substituents is 1. The van der Waals surface area contributed by atoms with Gasteiger partial charge in [0.05, 0.1) is 10.5 Å². The summed E-state index contributed by atoms with van der Waals surface area (Å²) in [7, 11) is 0. The molecule has 0 radical (unpaired) electrons. The van der Waals surface area contributed by atoms with Crippen LogP contribution < -0.4 is 0 Å². The predicted molar refractivity (Wildman–Crippen MR) is 76.4 cm³/mol. The first-order chi connectivity index (χ1) is 9.56. The Morgan fingerprint density at radius 1 is 1.20 bits per heavy atom. The van der Waals surface area contributed by atoms with Crippen LogP contribution in [-0.4, -0.2) is 10.9 Å². The topological polar surface area (TPSA) is 69.4 Å². The summed E-state index contributed by atoms with van der Waals surface area (Å²) in [4.78, 5) is 21.9. The van der Waals surface area contributed by atoms with E-state index in [1.807, 2.05) is 0 Å². The Labute approximate surface area is 123 Å². The van der Waals surface area contributed by atoms with E-state index in [-0.39, 0.29) is 12.3 Å². The van der Waals surface area contributed by atoms with E-state index in [0.717, 1.165) is 4.47 Å². The summed E-state index contributed by atoms with van der Waals surface area (Å²) in [5.74, 6) is -0.469. The third-order valence-electron chi connectivity index (χ3n) is 2.57. The van der Waals surface area contributed by atoms with Crippen LogP contribution in [0.4, 0.5) is 5.69 Å². The molecule has 0 bridgehead atoms. The maximum atomic E-state index is 11.8. The van der Waals surface area contributed by atoms with Crippen LogP contribution in [0.2, 0.25) is 0 Å². The minimum Gasteiger partial charge on any atom is -0.457 e. The predicted octanol–water partition coefficient (Wildman–Crippen LogP) is 3.71. The third-order valence-corrected chi connectivity index (χ3v) is 3.10. The van der Waals surface area contributed by atoms with E-state index in [1.54, 1.807) is 36.4 Å². The van der Waals surface area contributed by atoms with E-state index in [1.165, 1.54) is 12.1 Å². The maximum absolute atomic E-state index is 11.8. The second-order valence-electron chi connectivity index (χ2n) is 4.01. The number of halogens is 1. The molecule has 0 amide bonds. The van der Waals surface area contributed by atoms with Crippen LogP contribution in [0.1, 0.15) is 15.9 Å². The number of non-ortho nitro benzene ring substituents is 1. The van der Waals surface area contributed by atoms with Gasteiger partial charge in [0.15, 0.2) is 0 Å². The fourth-order valence-electron chi connectivity index (χ4n) is 1.58. The van der Waals surface area contributed by atoms with E-state index in [9.17, 15) is 14.9 Å². The number of nitrogens with zero attached hydrogens (tertiary/aromatic N) is 1. The third kappa shape index (κ3) is 3.64. The van der Waals surface area contributed by atoms with Gasteiger partial charge in [0, 0.05) is 16.6 Å². The number of hydrogen-bond donors (Lipinski definition) is 0. The molecule has 0 saturated carbocycles. The Balaban J connectivity index is 2.01. The molecule has 6 heteroatoms. The van der Waals surface area contributed by atoms with Crippen molar-refractivity contribution in [3.05, 3.63) is 74.2 Å². The Kier molecular flexibility index (Phi) is 4.47. The zero-order chi connectivity index (χ0) is 14.5. The van der Waals surface area contributed by atoms with Gasteiger partial charge >= 0.3 is 5.97 Å². The van der Waals surface area contributed by atoms with Gasteiger partial charge in [-0.2, -0.15) is 0 Å². The highest BCUT2D eigenvalue weighted by atomic mass is 79.9. The monoisotopic (exact) mass is 335 g/mol. The highest BCUT2D eigenvalue weighted by Crippen LogP contribution is 2.15. The summed E-state index contributed by atoms with van der Waals surface area (Å²) in [6.45, 7) is -0.00340. The van der Waals surface area contributed by atoms with Crippen molar-refractivity contribution in [2.75, 3.05) is 0 Å². The van der Waals surface area contributed by atoms with Crippen LogP contribution in [0.25, 0.3) is 0 Å². The quantitative estimate of drug-likeness (QED) is 0.485. The lowest BCUT2D eigenvalue weighted by molar-refractivity contribution is -0.384. The van der Waals surface area contributed by atoms with E-state index in [0.29, 0.717) is 11.1 Å². The molecule has 102 valence electrons. The normalized spacial score (nSPS) is 10.1. The van der Waals surface area contributed by atoms with Crippen LogP contribution in [0, 0.1) is 10.1 Å². The Hall–Kier alpha value is -2.21. The molecule has 2 aromatic carbocycles. The molecule has 0 atom stereocenters. The first kappa shape index (κ1) is 14.2. The molecule has 0 aliphatic carbocycles. The molecule has 0 heterocycles. The highest BCUT2D eigenvalue weighted by Gasteiger charge is 2.09. The number of ether oxygens (including phenoxy) is 1. The SMILES string of the molecule is O=C(OCc1cccc([N+](=O)[O-])c1)c1ccc(Br)cc1. The molecule has 0 spiro atoms. The first-order valence-corrected chi connectivity index (χ1v) is 6.51. The van der Waals surface area contributed by atoms with Crippen molar-refractivity contribution >= 4 is 27.6 Å². The average molecular weight is 336 g/mol. The van der Waals surface area contributed by atoms with Crippen molar-refractivity contribution < 1.29 is 14.5 Å². The van der Waals surface area contributed by atoms with Gasteiger partial charge < -0.3 is 4.74 Å². The Morgan fingerprint density at radius 3 is 2.55 bits per heavy atom. The minimum atomic E-state index is -0.486. The fourth-order valence-corrected chi connectivity index (χ4v) is 1.84. The van der Waals surface area contributed by atoms with Crippen molar-refractivity contribution in [2.24, 2.45) is 0 Å². The number of esters is 1. The van der Waals surface area contributed by atoms with Crippen LogP contribution in [0.15, 0.2) is 53.0 Å². The molecule has 0 aromatic heterocycles. The zero-order valence-electron chi connectivity index (χ0n) is 10.3. The summed E-state index contributed by atoms with van der Waals surface area (Å²) in [5.41, 5.74) is 0.977. The lowest BCUT2D eigenvalue weighted by atomic mass is 10.2. The minimum absolute atomic E-state index is 0.00340. The first-order valence-electron chi connectivity index (χ1n) is 5.72. The largest absolute Gasteiger partial charge is 0.457 e. The van der Waals surface area contributed by atoms with Crippen molar-refractivity contribution in [1.82, 2.24) is 0 Å². The summed E-state index contributed by atoms with van der Waals surface area (Å²) >= 11 is 3.28. The van der Waals surface area contributed by atoms with Crippen LogP contribution >= 0.6 is 15.9 Å². The lowest BCUT2D eigenvalue weighted by Crippen LogP contribution is -2.05. The summed E-state index contributed by atoms with van der Waals surface area (Å²) in [6, 6.07) is 12.8. The Morgan fingerprint density at radius 2 is 1.90 bits per heavy atom. The van der Waals surface area contributed by atoms with Crippen molar-refractivity contribution in [1.29, 1.82) is 0 Å². The molecule has 0 saturated heterocycles. The number of rotatable bonds is 4. The maximum Gasteiger partial charge on any atom is 0.338 e. The molecule has 0 fully saturated rings. The molecule has 20 heavy (non-hydrogen) atoms. The second-order valence-corrected chi connectivity index (χ2v) is 4.93. The molecule has 0 aliphatic heterocycles. The standard InChI is InChI=1S/C14H10BrNO4/c15-12-6-4-11(5-7-12)14(17)20-9-10-2-1-3-13(8-10)16(18)19/h1-8H,9H2. The van der Waals surface area contributed by atoms with Gasteiger partial charge in [0.1, 0.15) is 6.61 Å². The summed E-state index contributed by atoms with van der Waals surface area (Å²) < 4.78 is 5.98. The number of hydrogen-bond acceptors (Lipinski definition) is 4. The second kappa shape index (κ2) is 6.29. The van der Waals surface area contributed by atoms with Gasteiger partial charge in [0.2, 0.25) is 0 Å². The van der Waals surface area contributed by atoms with Crippen LogP contribution in [0.5, 0.6) is 0 Å². The van der Waals surface area contributed by atoms with Gasteiger partial charge in [-0.05, 0) is 29.8 Å². The molecule has 5 nitrogen and oxygen atoms in total. The zero-order valence-corrected chi connectivity index (χ0v) is 11.9. The molecule has 0 unspecified atom stereocenters. The fraction of sp³-hybridized carbons (Fsp3) is 0.0714. The van der Waals surface area contributed by atoms with Crippen molar-refractivity contribution in [3.8, 4) is 0 Å². The number of carbonyl (C=O) groups excluding carboxylic acids is 1.